The van der Waals surface area contributed by atoms with Crippen molar-refractivity contribution in [3.8, 4) is 0 Å². The summed E-state index contributed by atoms with van der Waals surface area (Å²) < 4.78 is 1.34. The molecule has 1 aromatic rings. The van der Waals surface area contributed by atoms with Crippen LogP contribution in [0.3, 0.4) is 0 Å². The van der Waals surface area contributed by atoms with E-state index in [9.17, 15) is 0 Å². The van der Waals surface area contributed by atoms with Crippen LogP contribution in [0.2, 0.25) is 0 Å². The van der Waals surface area contributed by atoms with E-state index in [-0.39, 0.29) is 0 Å². The van der Waals surface area contributed by atoms with Crippen molar-refractivity contribution in [2.75, 3.05) is 6.54 Å². The maximum Gasteiger partial charge on any atom is 0.0333 e. The van der Waals surface area contributed by atoms with Gasteiger partial charge in [0.2, 0.25) is 0 Å². The van der Waals surface area contributed by atoms with Gasteiger partial charge in [-0.05, 0) is 53.6 Å². The molecule has 1 nitrogen and oxygen atoms in total. The third-order valence-electron chi connectivity index (χ3n) is 2.39. The largest absolute Gasteiger partial charge is 0.310 e. The van der Waals surface area contributed by atoms with Crippen LogP contribution < -0.4 is 5.32 Å². The summed E-state index contributed by atoms with van der Waals surface area (Å²) in [5, 5.41) is 3.52. The summed E-state index contributed by atoms with van der Waals surface area (Å²) in [6, 6.07) is 9.02. The molecule has 1 rings (SSSR count). The molecule has 82 valence electrons. The second kappa shape index (κ2) is 7.01. The highest BCUT2D eigenvalue weighted by Gasteiger charge is 2.11. The highest BCUT2D eigenvalue weighted by atomic mass is 127. The molecule has 15 heavy (non-hydrogen) atoms. The molecular weight excluding hydrogens is 297 g/mol. The lowest BCUT2D eigenvalue weighted by Gasteiger charge is -2.18. The first kappa shape index (κ1) is 12.7. The third kappa shape index (κ3) is 3.95. The second-order valence-electron chi connectivity index (χ2n) is 3.50. The minimum atomic E-state index is 0.459. The van der Waals surface area contributed by atoms with E-state index in [2.05, 4.69) is 65.7 Å². The summed E-state index contributed by atoms with van der Waals surface area (Å²) in [6.45, 7) is 6.94. The van der Waals surface area contributed by atoms with E-state index < -0.39 is 0 Å². The Labute approximate surface area is 106 Å². The normalized spacial score (nSPS) is 12.4. The Morgan fingerprint density at radius 3 is 2.80 bits per heavy atom. The van der Waals surface area contributed by atoms with Gasteiger partial charge in [0.25, 0.3) is 0 Å². The number of allylic oxidation sites excluding steroid dienone is 1. The first-order chi connectivity index (χ1) is 7.29. The Bertz CT molecular complexity index is 309. The number of benzene rings is 1. The maximum atomic E-state index is 3.78. The molecule has 1 atom stereocenters. The standard InChI is InChI=1S/C13H18IN/c1-3-5-10-13(15-4-2)11-8-6-7-9-12(11)14/h3,6-9,13,15H,1,4-5,10H2,2H3. The fraction of sp³-hybridized carbons (Fsp3) is 0.385. The van der Waals surface area contributed by atoms with Crippen molar-refractivity contribution in [3.63, 3.8) is 0 Å². The summed E-state index contributed by atoms with van der Waals surface area (Å²) >= 11 is 2.40. The smallest absolute Gasteiger partial charge is 0.0333 e. The number of hydrogen-bond acceptors (Lipinski definition) is 1. The zero-order valence-corrected chi connectivity index (χ0v) is 11.3. The summed E-state index contributed by atoms with van der Waals surface area (Å²) in [5.41, 5.74) is 1.40. The molecule has 0 saturated heterocycles. The Kier molecular flexibility index (Phi) is 5.95. The third-order valence-corrected chi connectivity index (χ3v) is 3.37. The molecule has 1 unspecified atom stereocenters. The molecule has 0 spiro atoms. The highest BCUT2D eigenvalue weighted by molar-refractivity contribution is 14.1. The number of halogens is 1. The van der Waals surface area contributed by atoms with E-state index in [0.29, 0.717) is 6.04 Å². The lowest BCUT2D eigenvalue weighted by atomic mass is 10.0. The highest BCUT2D eigenvalue weighted by Crippen LogP contribution is 2.23. The first-order valence-electron chi connectivity index (χ1n) is 5.38. The number of rotatable bonds is 6. The van der Waals surface area contributed by atoms with E-state index in [4.69, 9.17) is 0 Å². The summed E-state index contributed by atoms with van der Waals surface area (Å²) in [6.07, 6.45) is 4.17. The fourth-order valence-electron chi connectivity index (χ4n) is 1.66. The van der Waals surface area contributed by atoms with Gasteiger partial charge in [0.15, 0.2) is 0 Å². The van der Waals surface area contributed by atoms with Crippen LogP contribution in [0.5, 0.6) is 0 Å². The van der Waals surface area contributed by atoms with Crippen LogP contribution in [-0.2, 0) is 0 Å². The summed E-state index contributed by atoms with van der Waals surface area (Å²) in [7, 11) is 0. The molecule has 0 aromatic heterocycles. The van der Waals surface area contributed by atoms with Crippen LogP contribution in [0.1, 0.15) is 31.4 Å². The van der Waals surface area contributed by atoms with Gasteiger partial charge in [-0.3, -0.25) is 0 Å². The topological polar surface area (TPSA) is 12.0 Å². The van der Waals surface area contributed by atoms with Gasteiger partial charge in [-0.25, -0.2) is 0 Å². The quantitative estimate of drug-likeness (QED) is 0.620. The molecule has 0 aliphatic rings. The average Bonchev–Trinajstić information content (AvgIpc) is 2.25. The fourth-order valence-corrected chi connectivity index (χ4v) is 2.42. The zero-order chi connectivity index (χ0) is 11.1. The zero-order valence-electron chi connectivity index (χ0n) is 9.17. The first-order valence-corrected chi connectivity index (χ1v) is 6.46. The van der Waals surface area contributed by atoms with Crippen molar-refractivity contribution in [3.05, 3.63) is 46.1 Å². The van der Waals surface area contributed by atoms with Gasteiger partial charge in [-0.2, -0.15) is 0 Å². The predicted octanol–water partition coefficient (Wildman–Crippen LogP) is 3.91. The molecule has 0 amide bonds. The summed E-state index contributed by atoms with van der Waals surface area (Å²) in [4.78, 5) is 0. The van der Waals surface area contributed by atoms with Gasteiger partial charge in [-0.15, -0.1) is 6.58 Å². The molecule has 1 aromatic carbocycles. The molecule has 0 aliphatic carbocycles. The van der Waals surface area contributed by atoms with E-state index in [0.717, 1.165) is 19.4 Å². The van der Waals surface area contributed by atoms with Crippen molar-refractivity contribution >= 4 is 22.6 Å². The Hall–Kier alpha value is -0.350. The minimum absolute atomic E-state index is 0.459. The predicted molar refractivity (Wildman–Crippen MR) is 75.0 cm³/mol. The van der Waals surface area contributed by atoms with E-state index >= 15 is 0 Å². The van der Waals surface area contributed by atoms with Crippen LogP contribution in [0, 0.1) is 3.57 Å². The molecule has 1 N–H and O–H groups in total. The minimum Gasteiger partial charge on any atom is -0.310 e. The van der Waals surface area contributed by atoms with E-state index in [1.165, 1.54) is 9.13 Å². The van der Waals surface area contributed by atoms with Crippen LogP contribution in [-0.4, -0.2) is 6.54 Å². The SMILES string of the molecule is C=CCCC(NCC)c1ccccc1I. The molecular formula is C13H18IN. The van der Waals surface area contributed by atoms with Gasteiger partial charge in [0.1, 0.15) is 0 Å². The maximum absolute atomic E-state index is 3.78. The average molecular weight is 315 g/mol. The Balaban J connectivity index is 2.78. The van der Waals surface area contributed by atoms with Crippen LogP contribution >= 0.6 is 22.6 Å². The van der Waals surface area contributed by atoms with Crippen molar-refractivity contribution in [1.29, 1.82) is 0 Å². The molecule has 0 heterocycles. The molecule has 0 aliphatic heterocycles. The van der Waals surface area contributed by atoms with Gasteiger partial charge in [0.05, 0.1) is 0 Å². The number of hydrogen-bond donors (Lipinski definition) is 1. The molecule has 0 bridgehead atoms. The summed E-state index contributed by atoms with van der Waals surface area (Å²) in [5.74, 6) is 0. The van der Waals surface area contributed by atoms with Crippen molar-refractivity contribution in [1.82, 2.24) is 5.32 Å². The number of nitrogens with one attached hydrogen (secondary N) is 1. The Morgan fingerprint density at radius 2 is 2.20 bits per heavy atom. The molecule has 2 heteroatoms. The van der Waals surface area contributed by atoms with Crippen LogP contribution in [0.15, 0.2) is 36.9 Å². The van der Waals surface area contributed by atoms with E-state index in [1.54, 1.807) is 0 Å². The molecule has 0 saturated carbocycles. The van der Waals surface area contributed by atoms with Gasteiger partial charge < -0.3 is 5.32 Å². The van der Waals surface area contributed by atoms with Gasteiger partial charge in [-0.1, -0.05) is 31.2 Å². The monoisotopic (exact) mass is 315 g/mol. The molecule has 0 fully saturated rings. The van der Waals surface area contributed by atoms with Crippen molar-refractivity contribution in [2.24, 2.45) is 0 Å². The lowest BCUT2D eigenvalue weighted by Crippen LogP contribution is -2.21. The van der Waals surface area contributed by atoms with Gasteiger partial charge >= 0.3 is 0 Å². The molecule has 0 radical (unpaired) electrons. The van der Waals surface area contributed by atoms with Gasteiger partial charge in [0, 0.05) is 9.61 Å². The van der Waals surface area contributed by atoms with Crippen LogP contribution in [0.4, 0.5) is 0 Å². The van der Waals surface area contributed by atoms with E-state index in [1.807, 2.05) is 6.08 Å². The van der Waals surface area contributed by atoms with Crippen molar-refractivity contribution < 1.29 is 0 Å². The Morgan fingerprint density at radius 1 is 1.47 bits per heavy atom. The second-order valence-corrected chi connectivity index (χ2v) is 4.66. The lowest BCUT2D eigenvalue weighted by molar-refractivity contribution is 0.518. The van der Waals surface area contributed by atoms with Crippen molar-refractivity contribution in [2.45, 2.75) is 25.8 Å². The van der Waals surface area contributed by atoms with Crippen LogP contribution in [0.25, 0.3) is 0 Å².